The second kappa shape index (κ2) is 6.81. The fourth-order valence-corrected chi connectivity index (χ4v) is 6.15. The average molecular weight is 349 g/mol. The Morgan fingerprint density at radius 2 is 1.52 bits per heavy atom. The van der Waals surface area contributed by atoms with Gasteiger partial charge in [0.15, 0.2) is 0 Å². The molecule has 1 amide bonds. The smallest absolute Gasteiger partial charge is 0.228 e. The average Bonchev–Trinajstić information content (AvgIpc) is 2.21. The zero-order chi connectivity index (χ0) is 16.4. The third-order valence-corrected chi connectivity index (χ3v) is 7.20. The van der Waals surface area contributed by atoms with Crippen LogP contribution < -0.4 is 5.32 Å². The highest BCUT2D eigenvalue weighted by molar-refractivity contribution is 7.61. The summed E-state index contributed by atoms with van der Waals surface area (Å²) in [6, 6.07) is 3.20. The lowest BCUT2D eigenvalue weighted by Crippen LogP contribution is -2.30. The van der Waals surface area contributed by atoms with Gasteiger partial charge in [-0.25, -0.2) is 4.98 Å². The molecule has 21 heavy (non-hydrogen) atoms. The summed E-state index contributed by atoms with van der Waals surface area (Å²) in [4.78, 5) is 16.2. The Morgan fingerprint density at radius 3 is 1.90 bits per heavy atom. The Balaban J connectivity index is 2.84. The first kappa shape index (κ1) is 18.7. The number of nitrogens with one attached hydrogen (secondary N) is 1. The van der Waals surface area contributed by atoms with Crippen molar-refractivity contribution in [3.63, 3.8) is 0 Å². The van der Waals surface area contributed by atoms with Crippen LogP contribution in [0, 0.1) is 0 Å². The maximum absolute atomic E-state index is 12.3. The van der Waals surface area contributed by atoms with E-state index in [4.69, 9.17) is 23.2 Å². The van der Waals surface area contributed by atoms with Gasteiger partial charge in [-0.1, -0.05) is 72.7 Å². The molecule has 0 fully saturated rings. The molecule has 3 nitrogen and oxygen atoms in total. The maximum Gasteiger partial charge on any atom is 0.228 e. The van der Waals surface area contributed by atoms with Gasteiger partial charge in [0, 0.05) is 11.8 Å². The number of anilines is 1. The van der Waals surface area contributed by atoms with Gasteiger partial charge in [-0.3, -0.25) is 4.79 Å². The summed E-state index contributed by atoms with van der Waals surface area (Å²) < 4.78 is 0. The predicted molar refractivity (Wildman–Crippen MR) is 94.2 cm³/mol. The van der Waals surface area contributed by atoms with Gasteiger partial charge in [0.05, 0.1) is 0 Å². The Bertz CT molecular complexity index is 487. The lowest BCUT2D eigenvalue weighted by molar-refractivity contribution is -0.113. The Hall–Kier alpha value is -0.370. The number of hydrogen-bond acceptors (Lipinski definition) is 2. The predicted octanol–water partition coefficient (Wildman–Crippen LogP) is 5.41. The molecule has 0 aliphatic rings. The highest BCUT2D eigenvalue weighted by Crippen LogP contribution is 2.58. The van der Waals surface area contributed by atoms with Gasteiger partial charge in [-0.2, -0.15) is 0 Å². The molecule has 0 saturated heterocycles. The summed E-state index contributed by atoms with van der Waals surface area (Å²) in [5.74, 6) is -0.00991. The van der Waals surface area contributed by atoms with Crippen molar-refractivity contribution in [1.82, 2.24) is 4.98 Å². The summed E-state index contributed by atoms with van der Waals surface area (Å²) in [5.41, 5.74) is 0.586. The van der Waals surface area contributed by atoms with Gasteiger partial charge in [0.2, 0.25) is 5.91 Å². The van der Waals surface area contributed by atoms with Gasteiger partial charge in [-0.15, -0.1) is 0 Å². The Labute approximate surface area is 138 Å². The number of halogens is 2. The second-order valence-corrected chi connectivity index (χ2v) is 11.6. The van der Waals surface area contributed by atoms with Crippen molar-refractivity contribution < 1.29 is 4.79 Å². The highest BCUT2D eigenvalue weighted by atomic mass is 35.5. The number of pyridine rings is 1. The fraction of sp³-hybridized carbons (Fsp3) is 0.600. The van der Waals surface area contributed by atoms with Gasteiger partial charge in [0.1, 0.15) is 10.3 Å². The van der Waals surface area contributed by atoms with Gasteiger partial charge in [0.25, 0.3) is 0 Å². The zero-order valence-electron chi connectivity index (χ0n) is 13.4. The van der Waals surface area contributed by atoms with E-state index in [0.29, 0.717) is 11.8 Å². The summed E-state index contributed by atoms with van der Waals surface area (Å²) >= 11 is 11.7. The molecule has 118 valence electrons. The third kappa shape index (κ3) is 6.10. The summed E-state index contributed by atoms with van der Waals surface area (Å²) in [6.07, 6.45) is 0.514. The van der Waals surface area contributed by atoms with Crippen LogP contribution in [0.2, 0.25) is 10.3 Å². The molecular weight excluding hydrogens is 326 g/mol. The van der Waals surface area contributed by atoms with Crippen LogP contribution in [0.1, 0.15) is 41.5 Å². The van der Waals surface area contributed by atoms with Crippen molar-refractivity contribution in [3.05, 3.63) is 22.4 Å². The number of hydrogen-bond donors (Lipinski definition) is 1. The van der Waals surface area contributed by atoms with E-state index in [1.807, 2.05) is 0 Å². The number of nitrogens with zero attached hydrogens (tertiary/aromatic N) is 1. The van der Waals surface area contributed by atoms with E-state index in [9.17, 15) is 4.79 Å². The lowest BCUT2D eigenvalue weighted by Gasteiger charge is -2.41. The largest absolute Gasteiger partial charge is 0.326 e. The molecule has 0 spiro atoms. The van der Waals surface area contributed by atoms with Crippen LogP contribution in [0.25, 0.3) is 0 Å². The Kier molecular flexibility index (Phi) is 6.06. The number of aromatic nitrogens is 1. The molecule has 1 heterocycles. The van der Waals surface area contributed by atoms with Crippen molar-refractivity contribution in [1.29, 1.82) is 0 Å². The second-order valence-electron chi connectivity index (χ2n) is 6.98. The van der Waals surface area contributed by atoms with Crippen molar-refractivity contribution in [2.45, 2.75) is 51.9 Å². The van der Waals surface area contributed by atoms with Crippen LogP contribution in [0.4, 0.5) is 5.69 Å². The SMILES string of the molecule is CC(C)(C)P(CC(=O)Nc1cc(Cl)nc(Cl)c1)C(C)(C)C. The Morgan fingerprint density at radius 1 is 1.10 bits per heavy atom. The van der Waals surface area contributed by atoms with Crippen LogP contribution >= 0.6 is 31.1 Å². The minimum atomic E-state index is -0.487. The number of rotatable bonds is 3. The fourth-order valence-electron chi connectivity index (χ4n) is 2.36. The van der Waals surface area contributed by atoms with E-state index in [-0.39, 0.29) is 26.5 Å². The summed E-state index contributed by atoms with van der Waals surface area (Å²) in [5, 5.41) is 3.63. The highest BCUT2D eigenvalue weighted by Gasteiger charge is 2.35. The van der Waals surface area contributed by atoms with Gasteiger partial charge >= 0.3 is 0 Å². The number of amides is 1. The molecule has 1 aromatic rings. The van der Waals surface area contributed by atoms with E-state index in [1.54, 1.807) is 12.1 Å². The lowest BCUT2D eigenvalue weighted by atomic mass is 10.2. The van der Waals surface area contributed by atoms with E-state index in [0.717, 1.165) is 0 Å². The summed E-state index contributed by atoms with van der Waals surface area (Å²) in [6.45, 7) is 13.2. The standard InChI is InChI=1S/C15H23Cl2N2OP/c1-14(2,3)21(15(4,5)6)9-13(20)18-10-7-11(16)19-12(17)8-10/h7-8H,9H2,1-6H3,(H,18,19,20). The van der Waals surface area contributed by atoms with E-state index < -0.39 is 7.92 Å². The molecule has 0 aromatic carbocycles. The van der Waals surface area contributed by atoms with Gasteiger partial charge < -0.3 is 5.32 Å². The molecule has 1 N–H and O–H groups in total. The molecule has 0 radical (unpaired) electrons. The van der Waals surface area contributed by atoms with Crippen LogP contribution in [-0.4, -0.2) is 27.4 Å². The normalized spacial score (nSPS) is 12.6. The molecule has 0 saturated carbocycles. The minimum absolute atomic E-state index is 0.00991. The zero-order valence-corrected chi connectivity index (χ0v) is 15.8. The first-order valence-corrected chi connectivity index (χ1v) is 9.08. The maximum atomic E-state index is 12.3. The van der Waals surface area contributed by atoms with Crippen molar-refractivity contribution in [3.8, 4) is 0 Å². The van der Waals surface area contributed by atoms with E-state index in [2.05, 4.69) is 51.8 Å². The first-order chi connectivity index (χ1) is 9.39. The van der Waals surface area contributed by atoms with Crippen molar-refractivity contribution in [2.24, 2.45) is 0 Å². The molecule has 0 unspecified atom stereocenters. The quantitative estimate of drug-likeness (QED) is 0.586. The monoisotopic (exact) mass is 348 g/mol. The molecular formula is C15H23Cl2N2OP. The first-order valence-electron chi connectivity index (χ1n) is 6.80. The van der Waals surface area contributed by atoms with Crippen LogP contribution in [0.15, 0.2) is 12.1 Å². The van der Waals surface area contributed by atoms with Crippen molar-refractivity contribution >= 4 is 42.7 Å². The molecule has 0 atom stereocenters. The van der Waals surface area contributed by atoms with Gasteiger partial charge in [-0.05, 0) is 22.4 Å². The summed E-state index contributed by atoms with van der Waals surface area (Å²) in [7, 11) is -0.487. The topological polar surface area (TPSA) is 42.0 Å². The van der Waals surface area contributed by atoms with Crippen molar-refractivity contribution in [2.75, 3.05) is 11.5 Å². The van der Waals surface area contributed by atoms with E-state index in [1.165, 1.54) is 0 Å². The molecule has 1 aromatic heterocycles. The molecule has 6 heteroatoms. The number of carbonyl (C=O) groups is 1. The third-order valence-electron chi connectivity index (χ3n) is 2.97. The van der Waals surface area contributed by atoms with E-state index >= 15 is 0 Å². The molecule has 0 bridgehead atoms. The number of carbonyl (C=O) groups excluding carboxylic acids is 1. The molecule has 0 aliphatic carbocycles. The van der Waals surface area contributed by atoms with Crippen LogP contribution in [0.3, 0.4) is 0 Å². The van der Waals surface area contributed by atoms with Crippen LogP contribution in [0.5, 0.6) is 0 Å². The minimum Gasteiger partial charge on any atom is -0.326 e. The molecule has 1 rings (SSSR count). The van der Waals surface area contributed by atoms with Crippen LogP contribution in [-0.2, 0) is 4.79 Å². The molecule has 0 aliphatic heterocycles.